The van der Waals surface area contributed by atoms with Gasteiger partial charge in [0.15, 0.2) is 9.84 Å². The first-order valence-electron chi connectivity index (χ1n) is 6.96. The fourth-order valence-electron chi connectivity index (χ4n) is 1.82. The molecule has 1 aromatic carbocycles. The Hall–Kier alpha value is -2.09. The minimum atomic E-state index is -3.89. The molecule has 1 aromatic heterocycles. The summed E-state index contributed by atoms with van der Waals surface area (Å²) in [6.07, 6.45) is 2.20. The molecule has 0 saturated carbocycles. The van der Waals surface area contributed by atoms with E-state index in [1.54, 1.807) is 30.3 Å². The van der Waals surface area contributed by atoms with Gasteiger partial charge in [0.05, 0.1) is 19.1 Å². The van der Waals surface area contributed by atoms with Crippen molar-refractivity contribution < 1.29 is 17.9 Å². The first-order valence-corrected chi connectivity index (χ1v) is 9.37. The second-order valence-electron chi connectivity index (χ2n) is 4.87. The fraction of sp³-hybridized carbons (Fsp3) is 0.125. The van der Waals surface area contributed by atoms with Crippen molar-refractivity contribution in [2.45, 2.75) is 5.75 Å². The Morgan fingerprint density at radius 2 is 2.00 bits per heavy atom. The lowest BCUT2D eigenvalue weighted by molar-refractivity contribution is -0.111. The molecule has 2 rings (SSSR count). The van der Waals surface area contributed by atoms with Crippen LogP contribution in [0.5, 0.6) is 5.75 Å². The van der Waals surface area contributed by atoms with Gasteiger partial charge in [-0.15, -0.1) is 0 Å². The van der Waals surface area contributed by atoms with Gasteiger partial charge in [0.1, 0.15) is 15.9 Å². The Kier molecular flexibility index (Phi) is 6.41. The molecule has 0 unspecified atom stereocenters. The number of hydrogen-bond acceptors (Lipinski definition) is 5. The van der Waals surface area contributed by atoms with Crippen molar-refractivity contribution in [1.82, 2.24) is 4.98 Å². The van der Waals surface area contributed by atoms with Crippen molar-refractivity contribution in [3.63, 3.8) is 0 Å². The van der Waals surface area contributed by atoms with E-state index in [0.29, 0.717) is 16.3 Å². The van der Waals surface area contributed by atoms with Crippen LogP contribution >= 0.6 is 23.2 Å². The van der Waals surface area contributed by atoms with Gasteiger partial charge in [-0.05, 0) is 23.8 Å². The van der Waals surface area contributed by atoms with Crippen LogP contribution in [-0.2, 0) is 20.4 Å². The summed E-state index contributed by atoms with van der Waals surface area (Å²) in [5.41, 5.74) is 0.396. The van der Waals surface area contributed by atoms with Crippen molar-refractivity contribution >= 4 is 44.8 Å². The highest BCUT2D eigenvalue weighted by atomic mass is 35.5. The number of benzene rings is 1. The quantitative estimate of drug-likeness (QED) is 0.751. The predicted octanol–water partition coefficient (Wildman–Crippen LogP) is 3.38. The Balaban J connectivity index is 2.10. The predicted molar refractivity (Wildman–Crippen MR) is 97.4 cm³/mol. The molecule has 0 fully saturated rings. The molecule has 0 aliphatic rings. The van der Waals surface area contributed by atoms with Crippen LogP contribution in [-0.4, -0.2) is 26.4 Å². The molecule has 1 N–H and O–H groups in total. The van der Waals surface area contributed by atoms with Gasteiger partial charge in [0, 0.05) is 11.1 Å². The highest BCUT2D eigenvalue weighted by Gasteiger charge is 2.19. The lowest BCUT2D eigenvalue weighted by Crippen LogP contribution is -2.12. The van der Waals surface area contributed by atoms with Crippen LogP contribution < -0.4 is 10.1 Å². The summed E-state index contributed by atoms with van der Waals surface area (Å²) in [4.78, 5) is 15.9. The van der Waals surface area contributed by atoms with Crippen LogP contribution in [0.4, 0.5) is 5.82 Å². The number of carbonyl (C=O) groups excluding carboxylic acids is 1. The number of nitrogens with zero attached hydrogens (tertiary/aromatic N) is 1. The lowest BCUT2D eigenvalue weighted by Gasteiger charge is -2.06. The molecular weight excluding hydrogens is 387 g/mol. The number of ether oxygens (including phenoxy) is 1. The van der Waals surface area contributed by atoms with Crippen LogP contribution in [0.25, 0.3) is 0 Å². The first-order chi connectivity index (χ1) is 11.8. The van der Waals surface area contributed by atoms with Crippen molar-refractivity contribution in [3.8, 4) is 5.75 Å². The third-order valence-corrected chi connectivity index (χ3v) is 5.65. The second kappa shape index (κ2) is 8.33. The number of halogens is 2. The van der Waals surface area contributed by atoms with Gasteiger partial charge in [-0.25, -0.2) is 13.4 Å². The molecule has 1 amide bonds. The molecule has 2 aromatic rings. The van der Waals surface area contributed by atoms with E-state index in [-0.39, 0.29) is 5.82 Å². The maximum absolute atomic E-state index is 12.3. The van der Waals surface area contributed by atoms with Gasteiger partial charge in [-0.1, -0.05) is 41.4 Å². The molecule has 0 aliphatic carbocycles. The van der Waals surface area contributed by atoms with E-state index in [1.165, 1.54) is 19.4 Å². The van der Waals surface area contributed by atoms with Crippen molar-refractivity contribution in [1.29, 1.82) is 0 Å². The van der Waals surface area contributed by atoms with E-state index >= 15 is 0 Å². The zero-order valence-electron chi connectivity index (χ0n) is 13.1. The summed E-state index contributed by atoms with van der Waals surface area (Å²) in [5.74, 6) is -0.370. The average Bonchev–Trinajstić information content (AvgIpc) is 2.57. The van der Waals surface area contributed by atoms with E-state index < -0.39 is 25.9 Å². The number of pyridine rings is 1. The van der Waals surface area contributed by atoms with E-state index in [0.717, 1.165) is 6.08 Å². The molecular formula is C16H14Cl2N2O4S. The van der Waals surface area contributed by atoms with Crippen LogP contribution in [0.2, 0.25) is 5.02 Å². The van der Waals surface area contributed by atoms with Gasteiger partial charge >= 0.3 is 0 Å². The minimum Gasteiger partial charge on any atom is -0.495 e. The third kappa shape index (κ3) is 5.45. The van der Waals surface area contributed by atoms with Gasteiger partial charge in [-0.3, -0.25) is 4.79 Å². The Labute approximate surface area is 155 Å². The highest BCUT2D eigenvalue weighted by Crippen LogP contribution is 2.23. The van der Waals surface area contributed by atoms with E-state index in [1.807, 2.05) is 0 Å². The maximum atomic E-state index is 12.3. The number of carbonyl (C=O) groups is 1. The molecule has 0 spiro atoms. The molecule has 9 heteroatoms. The maximum Gasteiger partial charge on any atom is 0.251 e. The number of amides is 1. The Bertz CT molecular complexity index is 897. The second-order valence-corrected chi connectivity index (χ2v) is 7.87. The first kappa shape index (κ1) is 19.2. The molecule has 132 valence electrons. The topological polar surface area (TPSA) is 85.4 Å². The zero-order valence-corrected chi connectivity index (χ0v) is 15.4. The number of rotatable bonds is 6. The summed E-state index contributed by atoms with van der Waals surface area (Å²) >= 11 is 11.8. The van der Waals surface area contributed by atoms with Crippen LogP contribution in [0.1, 0.15) is 5.56 Å². The largest absolute Gasteiger partial charge is 0.495 e. The number of nitrogens with one attached hydrogen (secondary N) is 1. The van der Waals surface area contributed by atoms with Crippen LogP contribution in [0.15, 0.2) is 53.0 Å². The third-order valence-electron chi connectivity index (χ3n) is 3.07. The highest BCUT2D eigenvalue weighted by molar-refractivity contribution is 7.96. The SMILES string of the molecule is COc1ccc(NC(=O)/C=C(/Cl)S(=O)(=O)Cc2ccccc2Cl)nc1. The lowest BCUT2D eigenvalue weighted by atomic mass is 10.2. The summed E-state index contributed by atoms with van der Waals surface area (Å²) < 4.78 is 28.9. The van der Waals surface area contributed by atoms with Gasteiger partial charge in [0.25, 0.3) is 5.91 Å². The molecule has 1 heterocycles. The Morgan fingerprint density at radius 3 is 2.60 bits per heavy atom. The summed E-state index contributed by atoms with van der Waals surface area (Å²) in [5, 5.41) is 2.72. The normalized spacial score (nSPS) is 11.9. The number of aromatic nitrogens is 1. The molecule has 0 saturated heterocycles. The smallest absolute Gasteiger partial charge is 0.251 e. The molecule has 6 nitrogen and oxygen atoms in total. The van der Waals surface area contributed by atoms with E-state index in [4.69, 9.17) is 27.9 Å². The van der Waals surface area contributed by atoms with Crippen molar-refractivity contribution in [2.24, 2.45) is 0 Å². The molecule has 0 bridgehead atoms. The molecule has 25 heavy (non-hydrogen) atoms. The molecule has 0 radical (unpaired) electrons. The minimum absolute atomic E-state index is 0.231. The summed E-state index contributed by atoms with van der Waals surface area (Å²) in [6.45, 7) is 0. The van der Waals surface area contributed by atoms with Crippen molar-refractivity contribution in [3.05, 3.63) is 63.6 Å². The van der Waals surface area contributed by atoms with E-state index in [9.17, 15) is 13.2 Å². The monoisotopic (exact) mass is 400 g/mol. The number of methoxy groups -OCH3 is 1. The molecule has 0 aliphatic heterocycles. The van der Waals surface area contributed by atoms with Gasteiger partial charge < -0.3 is 10.1 Å². The number of hydrogen-bond donors (Lipinski definition) is 1. The standard InChI is InChI=1S/C16H14Cl2N2O4S/c1-24-12-6-7-15(19-9-12)20-16(21)8-14(18)25(22,23)10-11-4-2-3-5-13(11)17/h2-9H,10H2,1H3,(H,19,20,21)/b14-8-. The Morgan fingerprint density at radius 1 is 1.28 bits per heavy atom. The van der Waals surface area contributed by atoms with Crippen LogP contribution in [0, 0.1) is 0 Å². The summed E-state index contributed by atoms with van der Waals surface area (Å²) in [6, 6.07) is 9.61. The zero-order chi connectivity index (χ0) is 18.4. The van der Waals surface area contributed by atoms with Crippen LogP contribution in [0.3, 0.4) is 0 Å². The number of sulfone groups is 1. The number of anilines is 1. The van der Waals surface area contributed by atoms with Crippen molar-refractivity contribution in [2.75, 3.05) is 12.4 Å². The average molecular weight is 401 g/mol. The summed E-state index contributed by atoms with van der Waals surface area (Å²) in [7, 11) is -2.41. The van der Waals surface area contributed by atoms with Gasteiger partial charge in [0.2, 0.25) is 0 Å². The van der Waals surface area contributed by atoms with E-state index in [2.05, 4.69) is 10.3 Å². The fourth-order valence-corrected chi connectivity index (χ4v) is 3.45. The molecule has 0 atom stereocenters. The van der Waals surface area contributed by atoms with Gasteiger partial charge in [-0.2, -0.15) is 0 Å².